The van der Waals surface area contributed by atoms with Crippen molar-refractivity contribution in [2.75, 3.05) is 21.1 Å². The molecule has 11 rings (SSSR count). The Balaban J connectivity index is 0.867. The first kappa shape index (κ1) is 41.7. The summed E-state index contributed by atoms with van der Waals surface area (Å²) in [5, 5.41) is 15.0. The van der Waals surface area contributed by atoms with Crippen molar-refractivity contribution in [2.24, 2.45) is 17.8 Å². The van der Waals surface area contributed by atoms with E-state index in [1.807, 2.05) is 87.3 Å². The maximum atomic E-state index is 14.2. The third-order valence-corrected chi connectivity index (χ3v) is 14.9. The van der Waals surface area contributed by atoms with Crippen LogP contribution in [0.2, 0.25) is 0 Å². The molecule has 5 aliphatic rings. The van der Waals surface area contributed by atoms with Crippen LogP contribution < -0.4 is 10.6 Å². The molecule has 3 saturated carbocycles. The fraction of sp³-hybridized carbons (Fsp3) is 0.385. The number of carbonyl (C=O) groups excluding carboxylic acids is 4. The summed E-state index contributed by atoms with van der Waals surface area (Å²) < 4.78 is 4.02. The molecule has 2 aromatic carbocycles. The Hall–Kier alpha value is -6.96. The molecular formula is C52H54N10O4. The fourth-order valence-electron chi connectivity index (χ4n) is 11.3. The van der Waals surface area contributed by atoms with Gasteiger partial charge in [-0.3, -0.25) is 28.5 Å². The van der Waals surface area contributed by atoms with Gasteiger partial charge in [-0.05, 0) is 104 Å². The van der Waals surface area contributed by atoms with E-state index in [0.717, 1.165) is 83.2 Å². The van der Waals surface area contributed by atoms with E-state index in [1.165, 1.54) is 25.7 Å². The van der Waals surface area contributed by atoms with E-state index in [1.54, 1.807) is 26.2 Å². The molecule has 2 N–H and O–H groups in total. The Morgan fingerprint density at radius 3 is 1.86 bits per heavy atom. The third kappa shape index (κ3) is 7.45. The maximum absolute atomic E-state index is 14.2. The number of carbonyl (C=O) groups is 4. The molecule has 0 spiro atoms. The molecule has 3 fully saturated rings. The van der Waals surface area contributed by atoms with Gasteiger partial charge in [-0.25, -0.2) is 9.97 Å². The summed E-state index contributed by atoms with van der Waals surface area (Å²) >= 11 is 0. The molecular weight excluding hydrogens is 829 g/mol. The molecule has 0 radical (unpaired) electrons. The zero-order valence-electron chi connectivity index (χ0n) is 37.7. The Bertz CT molecular complexity index is 2930. The summed E-state index contributed by atoms with van der Waals surface area (Å²) in [6.45, 7) is 2.19. The smallest absolute Gasteiger partial charge is 0.269 e. The van der Waals surface area contributed by atoms with E-state index in [2.05, 4.69) is 22.9 Å². The van der Waals surface area contributed by atoms with Gasteiger partial charge in [0, 0.05) is 104 Å². The topological polar surface area (TPSA) is 160 Å². The first-order valence-electron chi connectivity index (χ1n) is 23.5. The number of benzene rings is 2. The van der Waals surface area contributed by atoms with Gasteiger partial charge >= 0.3 is 0 Å². The lowest BCUT2D eigenvalue weighted by atomic mass is 9.84. The molecule has 3 unspecified atom stereocenters. The van der Waals surface area contributed by atoms with Crippen molar-refractivity contribution in [3.8, 4) is 44.8 Å². The van der Waals surface area contributed by atoms with E-state index in [4.69, 9.17) is 20.2 Å². The van der Waals surface area contributed by atoms with Crippen LogP contribution in [0, 0.1) is 17.8 Å². The average molecular weight is 883 g/mol. The van der Waals surface area contributed by atoms with Crippen molar-refractivity contribution in [1.82, 2.24) is 50.0 Å². The van der Waals surface area contributed by atoms with E-state index in [9.17, 15) is 19.2 Å². The zero-order valence-corrected chi connectivity index (χ0v) is 37.7. The fourth-order valence-corrected chi connectivity index (χ4v) is 11.3. The molecule has 336 valence electrons. The maximum Gasteiger partial charge on any atom is 0.269 e. The number of hydrogen-bond acceptors (Lipinski definition) is 8. The van der Waals surface area contributed by atoms with E-state index >= 15 is 0 Å². The number of nitrogens with zero attached hydrogens (tertiary/aromatic N) is 8. The van der Waals surface area contributed by atoms with E-state index in [-0.39, 0.29) is 41.5 Å². The number of hydrogen-bond donors (Lipinski definition) is 2. The SMILES string of the molecule is CNC(=O)c1ccc(-c2cnn(CC3CCCC3C3c4ccc(-c5nc(C(=O)NC)ccc5-c5cnn(CC6CCCC6)c5)cc4C(=O)N3C)c2)c(-c2ccc3c(c2)C(=O)N(C2CC2)C3)n1. The average Bonchev–Trinajstić information content (AvgIpc) is 3.96. The number of fused-ring (bicyclic) bond motifs is 2. The van der Waals surface area contributed by atoms with Gasteiger partial charge < -0.3 is 20.4 Å². The number of nitrogens with one attached hydrogen (secondary N) is 2. The summed E-state index contributed by atoms with van der Waals surface area (Å²) in [6, 6.07) is 19.6. The predicted molar refractivity (Wildman–Crippen MR) is 249 cm³/mol. The van der Waals surface area contributed by atoms with Crippen molar-refractivity contribution in [3.05, 3.63) is 119 Å². The van der Waals surface area contributed by atoms with Crippen LogP contribution >= 0.6 is 0 Å². The zero-order chi connectivity index (χ0) is 45.2. The Morgan fingerprint density at radius 2 is 1.24 bits per heavy atom. The lowest BCUT2D eigenvalue weighted by molar-refractivity contribution is 0.0693. The van der Waals surface area contributed by atoms with Crippen molar-refractivity contribution < 1.29 is 19.2 Å². The van der Waals surface area contributed by atoms with Crippen LogP contribution in [0.1, 0.15) is 117 Å². The van der Waals surface area contributed by atoms with Crippen LogP contribution in [0.4, 0.5) is 0 Å². The van der Waals surface area contributed by atoms with Crippen LogP contribution in [-0.2, 0) is 19.6 Å². The summed E-state index contributed by atoms with van der Waals surface area (Å²) in [4.78, 5) is 67.0. The van der Waals surface area contributed by atoms with Gasteiger partial charge in [0.2, 0.25) is 0 Å². The molecule has 66 heavy (non-hydrogen) atoms. The molecule has 3 atom stereocenters. The monoisotopic (exact) mass is 882 g/mol. The normalized spacial score (nSPS) is 20.3. The van der Waals surface area contributed by atoms with Crippen molar-refractivity contribution >= 4 is 23.6 Å². The number of aromatic nitrogens is 6. The lowest BCUT2D eigenvalue weighted by Crippen LogP contribution is -2.31. The van der Waals surface area contributed by atoms with Crippen LogP contribution in [0.15, 0.2) is 85.5 Å². The van der Waals surface area contributed by atoms with Crippen molar-refractivity contribution in [1.29, 1.82) is 0 Å². The quantitative estimate of drug-likeness (QED) is 0.126. The molecule has 0 saturated heterocycles. The minimum absolute atomic E-state index is 0.0222. The Labute approximate surface area is 383 Å². The van der Waals surface area contributed by atoms with Gasteiger partial charge in [0.1, 0.15) is 11.4 Å². The first-order chi connectivity index (χ1) is 32.1. The predicted octanol–water partition coefficient (Wildman–Crippen LogP) is 7.81. The largest absolute Gasteiger partial charge is 0.354 e. The van der Waals surface area contributed by atoms with Gasteiger partial charge in [0.25, 0.3) is 23.6 Å². The Morgan fingerprint density at radius 1 is 0.636 bits per heavy atom. The third-order valence-electron chi connectivity index (χ3n) is 14.9. The number of pyridine rings is 2. The molecule has 14 heteroatoms. The summed E-state index contributed by atoms with van der Waals surface area (Å²) in [5.74, 6) is 0.570. The van der Waals surface area contributed by atoms with Gasteiger partial charge in [0.05, 0.1) is 29.8 Å². The van der Waals surface area contributed by atoms with E-state index in [0.29, 0.717) is 59.0 Å². The highest BCUT2D eigenvalue weighted by molar-refractivity contribution is 6.02. The van der Waals surface area contributed by atoms with Gasteiger partial charge in [-0.1, -0.05) is 43.5 Å². The van der Waals surface area contributed by atoms with Crippen LogP contribution in [0.25, 0.3) is 44.8 Å². The standard InChI is InChI=1S/C52H54N10O4/c1-53-49(63)44-20-18-39(46(57-44)31-11-12-34-29-62(37-14-15-37)52(66)42(34)21-31)36-24-56-61(28-36)26-33-9-6-10-40(33)48-41-16-13-32(22-43(41)51(65)59(48)3)47-38(17-19-45(58-47)50(64)54-2)35-23-55-60(27-35)25-30-7-4-5-8-30/h11-13,16-24,27-28,30,33,37,40,48H,4-10,14-15,25-26,29H2,1-3H3,(H,53,63)(H,54,64). The van der Waals surface area contributed by atoms with Gasteiger partial charge in [0.15, 0.2) is 0 Å². The second-order valence-electron chi connectivity index (χ2n) is 19.0. The molecule has 6 heterocycles. The molecule has 2 aliphatic heterocycles. The number of rotatable bonds is 12. The van der Waals surface area contributed by atoms with Crippen LogP contribution in [0.5, 0.6) is 0 Å². The molecule has 4 aromatic heterocycles. The summed E-state index contributed by atoms with van der Waals surface area (Å²) in [6.07, 6.45) is 18.0. The highest BCUT2D eigenvalue weighted by Crippen LogP contribution is 2.49. The molecule has 0 bridgehead atoms. The van der Waals surface area contributed by atoms with Crippen molar-refractivity contribution in [2.45, 2.75) is 89.5 Å². The van der Waals surface area contributed by atoms with Gasteiger partial charge in [-0.15, -0.1) is 0 Å². The minimum atomic E-state index is -0.287. The Kier molecular flexibility index (Phi) is 10.6. The molecule has 6 aromatic rings. The molecule has 14 nitrogen and oxygen atoms in total. The molecule has 3 aliphatic carbocycles. The summed E-state index contributed by atoms with van der Waals surface area (Å²) in [7, 11) is 5.10. The highest BCUT2D eigenvalue weighted by Gasteiger charge is 2.44. The van der Waals surface area contributed by atoms with Gasteiger partial charge in [-0.2, -0.15) is 10.2 Å². The lowest BCUT2D eigenvalue weighted by Gasteiger charge is -2.31. The highest BCUT2D eigenvalue weighted by atomic mass is 16.2. The molecule has 4 amide bonds. The van der Waals surface area contributed by atoms with E-state index < -0.39 is 0 Å². The minimum Gasteiger partial charge on any atom is -0.354 e. The summed E-state index contributed by atoms with van der Waals surface area (Å²) in [5.41, 5.74) is 10.3. The van der Waals surface area contributed by atoms with Crippen LogP contribution in [0.3, 0.4) is 0 Å². The first-order valence-corrected chi connectivity index (χ1v) is 23.5. The van der Waals surface area contributed by atoms with Crippen LogP contribution in [-0.4, -0.2) is 90.1 Å². The number of amides is 4. The second-order valence-corrected chi connectivity index (χ2v) is 19.0. The second kappa shape index (κ2) is 16.8. The van der Waals surface area contributed by atoms with Crippen molar-refractivity contribution in [3.63, 3.8) is 0 Å².